The molecule has 0 aliphatic heterocycles. The molecule has 0 N–H and O–H groups in total. The minimum Gasteiger partial charge on any atom is -0.294 e. The van der Waals surface area contributed by atoms with E-state index in [1.165, 1.54) is 0 Å². The third-order valence-corrected chi connectivity index (χ3v) is 2.21. The van der Waals surface area contributed by atoms with E-state index in [1.807, 2.05) is 18.2 Å². The average Bonchev–Trinajstić information content (AvgIpc) is 2.35. The summed E-state index contributed by atoms with van der Waals surface area (Å²) in [6.07, 6.45) is 1.63. The van der Waals surface area contributed by atoms with Crippen molar-refractivity contribution in [2.45, 2.75) is 0 Å². The zero-order valence-corrected chi connectivity index (χ0v) is 8.37. The number of para-hydroxylation sites is 1. The highest BCUT2D eigenvalue weighted by atomic mass is 16.1. The molecule has 78 valence electrons. The molecule has 16 heavy (non-hydrogen) atoms. The molecule has 1 aromatic carbocycles. The molecular weight excluding hydrogens is 204 g/mol. The summed E-state index contributed by atoms with van der Waals surface area (Å²) in [5.74, 6) is -0.220. The molecule has 1 heterocycles. The first-order valence-corrected chi connectivity index (χ1v) is 4.71. The second kappa shape index (κ2) is 4.42. The molecule has 2 aromatic rings. The van der Waals surface area contributed by atoms with Gasteiger partial charge in [-0.3, -0.25) is 9.78 Å². The van der Waals surface area contributed by atoms with Gasteiger partial charge < -0.3 is 0 Å². The molecule has 0 unspecified atom stereocenters. The van der Waals surface area contributed by atoms with E-state index < -0.39 is 0 Å². The lowest BCUT2D eigenvalue weighted by Gasteiger charge is -2.02. The van der Waals surface area contributed by atoms with Gasteiger partial charge >= 0.3 is 0 Å². The zero-order valence-electron chi connectivity index (χ0n) is 8.37. The summed E-state index contributed by atoms with van der Waals surface area (Å²) in [5, 5.41) is 4.16. The Kier molecular flexibility index (Phi) is 2.80. The first kappa shape index (κ1) is 10.1. The van der Waals surface area contributed by atoms with Crippen LogP contribution >= 0.6 is 0 Å². The molecule has 0 amide bonds. The lowest BCUT2D eigenvalue weighted by atomic mass is 10.1. The van der Waals surface area contributed by atoms with Gasteiger partial charge in [0.25, 0.3) is 0 Å². The number of nitrogens with zero attached hydrogens (tertiary/aromatic N) is 4. The van der Waals surface area contributed by atoms with Crippen LogP contribution in [0.1, 0.15) is 10.4 Å². The largest absolute Gasteiger partial charge is 0.294 e. The Hall–Kier alpha value is -2.39. The summed E-state index contributed by atoms with van der Waals surface area (Å²) in [5.41, 5.74) is 9.30. The highest BCUT2D eigenvalue weighted by molar-refractivity contribution is 6.07. The second-order valence-corrected chi connectivity index (χ2v) is 3.19. The van der Waals surface area contributed by atoms with Gasteiger partial charge in [-0.05, 0) is 17.7 Å². The third-order valence-electron chi connectivity index (χ3n) is 2.21. The van der Waals surface area contributed by atoms with Gasteiger partial charge in [-0.15, -0.1) is 0 Å². The van der Waals surface area contributed by atoms with Crippen LogP contribution in [0.4, 0.5) is 0 Å². The fourth-order valence-electron chi connectivity index (χ4n) is 1.51. The number of carbonyl (C=O) groups excluding carboxylic acids is 1. The molecule has 0 bridgehead atoms. The van der Waals surface area contributed by atoms with Crippen LogP contribution in [0.2, 0.25) is 0 Å². The Morgan fingerprint density at radius 3 is 3.00 bits per heavy atom. The summed E-state index contributed by atoms with van der Waals surface area (Å²) in [6.45, 7) is -0.174. The minimum atomic E-state index is -0.220. The van der Waals surface area contributed by atoms with Crippen LogP contribution < -0.4 is 0 Å². The van der Waals surface area contributed by atoms with Crippen LogP contribution in [0.5, 0.6) is 0 Å². The van der Waals surface area contributed by atoms with Crippen molar-refractivity contribution < 1.29 is 4.79 Å². The molecule has 0 spiro atoms. The molecule has 0 aliphatic carbocycles. The Labute approximate surface area is 91.4 Å². The van der Waals surface area contributed by atoms with Crippen molar-refractivity contribution in [3.63, 3.8) is 0 Å². The van der Waals surface area contributed by atoms with Crippen molar-refractivity contribution >= 4 is 16.7 Å². The van der Waals surface area contributed by atoms with Crippen molar-refractivity contribution in [2.24, 2.45) is 5.11 Å². The topological polar surface area (TPSA) is 78.7 Å². The smallest absolute Gasteiger partial charge is 0.170 e. The second-order valence-electron chi connectivity index (χ2n) is 3.19. The Bertz CT molecular complexity index is 582. The fourth-order valence-corrected chi connectivity index (χ4v) is 1.51. The van der Waals surface area contributed by atoms with Crippen molar-refractivity contribution in [1.82, 2.24) is 4.98 Å². The summed E-state index contributed by atoms with van der Waals surface area (Å²) in [6, 6.07) is 9.04. The normalized spacial score (nSPS) is 9.75. The summed E-state index contributed by atoms with van der Waals surface area (Å²) in [4.78, 5) is 18.4. The van der Waals surface area contributed by atoms with E-state index in [9.17, 15) is 4.79 Å². The number of aromatic nitrogens is 1. The number of fused-ring (bicyclic) bond motifs is 1. The molecule has 0 saturated carbocycles. The molecule has 2 rings (SSSR count). The molecule has 0 fully saturated rings. The lowest BCUT2D eigenvalue weighted by molar-refractivity contribution is 0.100. The van der Waals surface area contributed by atoms with Crippen LogP contribution in [0.3, 0.4) is 0 Å². The molecular formula is C11H8N4O. The Morgan fingerprint density at radius 2 is 2.19 bits per heavy atom. The number of Topliss-reactive ketones (excluding diaryl/α,β-unsaturated/α-hetero) is 1. The lowest BCUT2D eigenvalue weighted by Crippen LogP contribution is -2.04. The first-order chi connectivity index (χ1) is 7.83. The maximum atomic E-state index is 11.7. The van der Waals surface area contributed by atoms with Crippen molar-refractivity contribution in [3.05, 3.63) is 52.5 Å². The monoisotopic (exact) mass is 212 g/mol. The summed E-state index contributed by atoms with van der Waals surface area (Å²) < 4.78 is 0. The van der Waals surface area contributed by atoms with E-state index in [-0.39, 0.29) is 12.3 Å². The van der Waals surface area contributed by atoms with E-state index in [1.54, 1.807) is 18.3 Å². The maximum absolute atomic E-state index is 11.7. The van der Waals surface area contributed by atoms with Gasteiger partial charge in [-0.1, -0.05) is 23.3 Å². The average molecular weight is 212 g/mol. The highest BCUT2D eigenvalue weighted by Crippen LogP contribution is 2.16. The van der Waals surface area contributed by atoms with E-state index in [0.29, 0.717) is 11.1 Å². The Balaban J connectivity index is 2.51. The number of hydrogen-bond acceptors (Lipinski definition) is 3. The number of ketones is 1. The van der Waals surface area contributed by atoms with E-state index in [2.05, 4.69) is 15.0 Å². The van der Waals surface area contributed by atoms with Gasteiger partial charge in [0.1, 0.15) is 0 Å². The van der Waals surface area contributed by atoms with Gasteiger partial charge in [0, 0.05) is 22.1 Å². The van der Waals surface area contributed by atoms with Crippen LogP contribution in [-0.4, -0.2) is 17.3 Å². The van der Waals surface area contributed by atoms with Crippen molar-refractivity contribution in [1.29, 1.82) is 0 Å². The summed E-state index contributed by atoms with van der Waals surface area (Å²) >= 11 is 0. The highest BCUT2D eigenvalue weighted by Gasteiger charge is 2.09. The molecule has 0 aliphatic rings. The van der Waals surface area contributed by atoms with Crippen LogP contribution in [0.25, 0.3) is 21.3 Å². The number of carbonyl (C=O) groups is 1. The predicted molar refractivity (Wildman–Crippen MR) is 60.1 cm³/mol. The molecule has 0 saturated heterocycles. The van der Waals surface area contributed by atoms with E-state index >= 15 is 0 Å². The van der Waals surface area contributed by atoms with Gasteiger partial charge in [0.15, 0.2) is 5.78 Å². The van der Waals surface area contributed by atoms with Crippen LogP contribution in [0, 0.1) is 0 Å². The summed E-state index contributed by atoms with van der Waals surface area (Å²) in [7, 11) is 0. The van der Waals surface area contributed by atoms with Crippen LogP contribution in [0.15, 0.2) is 41.6 Å². The number of azide groups is 1. The molecule has 5 heteroatoms. The standard InChI is InChI=1S/C11H8N4O/c12-15-14-7-10(16)9-5-1-3-8-4-2-6-13-11(8)9/h1-6H,7H2. The third kappa shape index (κ3) is 1.85. The first-order valence-electron chi connectivity index (χ1n) is 4.71. The molecule has 5 nitrogen and oxygen atoms in total. The maximum Gasteiger partial charge on any atom is 0.170 e. The van der Waals surface area contributed by atoms with Crippen LogP contribution in [-0.2, 0) is 0 Å². The van der Waals surface area contributed by atoms with Crippen molar-refractivity contribution in [2.75, 3.05) is 6.54 Å². The number of rotatable bonds is 3. The van der Waals surface area contributed by atoms with Gasteiger partial charge in [-0.2, -0.15) is 0 Å². The Morgan fingerprint density at radius 1 is 1.38 bits per heavy atom. The molecule has 0 radical (unpaired) electrons. The number of pyridine rings is 1. The van der Waals surface area contributed by atoms with E-state index in [0.717, 1.165) is 5.39 Å². The quantitative estimate of drug-likeness (QED) is 0.339. The molecule has 1 aromatic heterocycles. The molecule has 0 atom stereocenters. The number of hydrogen-bond donors (Lipinski definition) is 0. The SMILES string of the molecule is [N-]=[N+]=NCC(=O)c1cccc2cccnc12. The van der Waals surface area contributed by atoms with E-state index in [4.69, 9.17) is 5.53 Å². The minimum absolute atomic E-state index is 0.174. The zero-order chi connectivity index (χ0) is 11.4. The van der Waals surface area contributed by atoms with Gasteiger partial charge in [0.05, 0.1) is 12.1 Å². The number of benzene rings is 1. The predicted octanol–water partition coefficient (Wildman–Crippen LogP) is 2.73. The van der Waals surface area contributed by atoms with Gasteiger partial charge in [-0.25, -0.2) is 0 Å². The van der Waals surface area contributed by atoms with Crippen molar-refractivity contribution in [3.8, 4) is 0 Å². The fraction of sp³-hybridized carbons (Fsp3) is 0.0909. The van der Waals surface area contributed by atoms with Gasteiger partial charge in [0.2, 0.25) is 0 Å².